The highest BCUT2D eigenvalue weighted by molar-refractivity contribution is 5.80. The summed E-state index contributed by atoms with van der Waals surface area (Å²) in [6.45, 7) is 2.15. The van der Waals surface area contributed by atoms with Gasteiger partial charge in [0.15, 0.2) is 0 Å². The van der Waals surface area contributed by atoms with E-state index in [-0.39, 0.29) is 30.7 Å². The second-order valence-corrected chi connectivity index (χ2v) is 8.48. The van der Waals surface area contributed by atoms with E-state index >= 15 is 0 Å². The second kappa shape index (κ2) is 7.80. The van der Waals surface area contributed by atoms with Crippen molar-refractivity contribution < 1.29 is 13.6 Å². The molecule has 1 N–H and O–H groups in total. The van der Waals surface area contributed by atoms with Gasteiger partial charge >= 0.3 is 0 Å². The van der Waals surface area contributed by atoms with Crippen molar-refractivity contribution in [2.45, 2.75) is 82.7 Å². The summed E-state index contributed by atoms with van der Waals surface area (Å²) in [7, 11) is 0. The van der Waals surface area contributed by atoms with Gasteiger partial charge in [-0.2, -0.15) is 5.10 Å². The van der Waals surface area contributed by atoms with Gasteiger partial charge in [0, 0.05) is 30.2 Å². The number of nitrogens with one attached hydrogen (secondary N) is 1. The molecule has 0 atom stereocenters. The van der Waals surface area contributed by atoms with Gasteiger partial charge in [0.2, 0.25) is 11.8 Å². The van der Waals surface area contributed by atoms with Gasteiger partial charge in [0.05, 0.1) is 17.8 Å². The summed E-state index contributed by atoms with van der Waals surface area (Å²) in [5, 5.41) is 8.81. The van der Waals surface area contributed by atoms with Crippen LogP contribution >= 0.6 is 0 Å². The summed E-state index contributed by atoms with van der Waals surface area (Å²) in [4.78, 5) is 12.6. The molecule has 28 heavy (non-hydrogen) atoms. The van der Waals surface area contributed by atoms with Crippen LogP contribution in [0.1, 0.15) is 69.9 Å². The molecule has 152 valence electrons. The number of nitrogens with zero attached hydrogens (tertiary/aromatic N) is 2. The minimum Gasteiger partial charge on any atom is -0.353 e. The Kier molecular flexibility index (Phi) is 5.39. The van der Waals surface area contributed by atoms with E-state index < -0.39 is 5.92 Å². The second-order valence-electron chi connectivity index (χ2n) is 8.48. The third kappa shape index (κ3) is 4.06. The zero-order valence-electron chi connectivity index (χ0n) is 16.5. The molecular formula is C22H29F2N3O. The maximum Gasteiger partial charge on any atom is 0.248 e. The van der Waals surface area contributed by atoms with Gasteiger partial charge in [-0.3, -0.25) is 9.48 Å². The lowest BCUT2D eigenvalue weighted by Crippen LogP contribution is -2.43. The van der Waals surface area contributed by atoms with Crippen LogP contribution in [0, 0.1) is 5.92 Å². The lowest BCUT2D eigenvalue weighted by atomic mass is 9.84. The summed E-state index contributed by atoms with van der Waals surface area (Å²) in [6.07, 6.45) is 6.99. The number of hydrogen-bond donors (Lipinski definition) is 1. The zero-order chi connectivity index (χ0) is 19.7. The van der Waals surface area contributed by atoms with Crippen molar-refractivity contribution in [2.24, 2.45) is 5.92 Å². The highest BCUT2D eigenvalue weighted by Gasteiger charge is 2.36. The molecule has 0 bridgehead atoms. The molecule has 0 radical (unpaired) electrons. The van der Waals surface area contributed by atoms with Crippen LogP contribution in [0.5, 0.6) is 0 Å². The molecule has 2 aliphatic carbocycles. The molecule has 1 heterocycles. The summed E-state index contributed by atoms with van der Waals surface area (Å²) in [6, 6.07) is 6.74. The molecule has 1 amide bonds. The van der Waals surface area contributed by atoms with Gasteiger partial charge in [-0.05, 0) is 62.6 Å². The van der Waals surface area contributed by atoms with Crippen molar-refractivity contribution in [1.29, 1.82) is 0 Å². The van der Waals surface area contributed by atoms with E-state index in [4.69, 9.17) is 0 Å². The topological polar surface area (TPSA) is 46.9 Å². The Morgan fingerprint density at radius 1 is 1.18 bits per heavy atom. The van der Waals surface area contributed by atoms with E-state index in [1.54, 1.807) is 0 Å². The van der Waals surface area contributed by atoms with E-state index in [1.807, 2.05) is 6.20 Å². The molecular weight excluding hydrogens is 360 g/mol. The van der Waals surface area contributed by atoms with E-state index in [9.17, 15) is 13.6 Å². The molecule has 0 aliphatic heterocycles. The molecule has 2 aromatic rings. The van der Waals surface area contributed by atoms with Gasteiger partial charge in [0.25, 0.3) is 0 Å². The number of rotatable bonds is 4. The molecule has 0 unspecified atom stereocenters. The number of aromatic nitrogens is 2. The fourth-order valence-corrected chi connectivity index (χ4v) is 4.70. The molecule has 6 heteroatoms. The number of benzene rings is 1. The van der Waals surface area contributed by atoms with Crippen LogP contribution in [0.15, 0.2) is 24.4 Å². The first kappa shape index (κ1) is 19.3. The molecule has 1 aromatic carbocycles. The molecule has 4 nitrogen and oxygen atoms in total. The summed E-state index contributed by atoms with van der Waals surface area (Å²) in [5.74, 6) is -2.51. The van der Waals surface area contributed by atoms with Crippen molar-refractivity contribution in [3.05, 3.63) is 30.0 Å². The fourth-order valence-electron chi connectivity index (χ4n) is 4.70. The third-order valence-electron chi connectivity index (χ3n) is 6.55. The average molecular weight is 389 g/mol. The van der Waals surface area contributed by atoms with Gasteiger partial charge in [-0.1, -0.05) is 13.0 Å². The summed E-state index contributed by atoms with van der Waals surface area (Å²) in [5.41, 5.74) is 2.47. The average Bonchev–Trinajstić information content (AvgIpc) is 3.12. The number of carbonyl (C=O) groups excluding carboxylic acids is 1. The number of aryl methyl sites for hydroxylation is 1. The van der Waals surface area contributed by atoms with Crippen molar-refractivity contribution in [3.63, 3.8) is 0 Å². The molecule has 4 rings (SSSR count). The Labute approximate surface area is 164 Å². The van der Waals surface area contributed by atoms with Crippen LogP contribution in [0.2, 0.25) is 0 Å². The molecule has 0 spiro atoms. The van der Waals surface area contributed by atoms with E-state index in [0.717, 1.165) is 37.6 Å². The first-order valence-electron chi connectivity index (χ1n) is 10.6. The van der Waals surface area contributed by atoms with Crippen molar-refractivity contribution >= 4 is 16.8 Å². The van der Waals surface area contributed by atoms with Crippen LogP contribution in [-0.2, 0) is 11.2 Å². The van der Waals surface area contributed by atoms with Crippen LogP contribution in [-0.4, -0.2) is 27.7 Å². The van der Waals surface area contributed by atoms with Crippen LogP contribution in [0.3, 0.4) is 0 Å². The van der Waals surface area contributed by atoms with Crippen LogP contribution < -0.4 is 5.32 Å². The van der Waals surface area contributed by atoms with Crippen LogP contribution in [0.4, 0.5) is 8.78 Å². The Balaban J connectivity index is 1.33. The van der Waals surface area contributed by atoms with Crippen molar-refractivity contribution in [2.75, 3.05) is 0 Å². The van der Waals surface area contributed by atoms with Crippen LogP contribution in [0.25, 0.3) is 10.9 Å². The summed E-state index contributed by atoms with van der Waals surface area (Å²) >= 11 is 0. The van der Waals surface area contributed by atoms with E-state index in [2.05, 4.69) is 40.2 Å². The quantitative estimate of drug-likeness (QED) is 0.798. The molecule has 2 fully saturated rings. The summed E-state index contributed by atoms with van der Waals surface area (Å²) < 4.78 is 28.7. The maximum absolute atomic E-state index is 13.3. The lowest BCUT2D eigenvalue weighted by Gasteiger charge is -2.32. The molecule has 2 aliphatic rings. The Hall–Kier alpha value is -1.98. The fraction of sp³-hybridized carbons (Fsp3) is 0.636. The monoisotopic (exact) mass is 389 g/mol. The minimum atomic E-state index is -2.55. The SMILES string of the molecule is CCc1ccc2c(cnn2[C@H]2CC[C@@H](C(=O)NC3CCC(F)(F)CC3)CC2)c1. The standard InChI is InChI=1S/C22H29F2N3O/c1-2-15-3-8-20-17(13-15)14-25-27(20)19-6-4-16(5-7-19)21(28)26-18-9-11-22(23,24)12-10-18/h3,8,13-14,16,18-19H,2,4-7,9-12H2,1H3,(H,26,28)/t16-,19+. The molecule has 1 aromatic heterocycles. The number of amides is 1. The predicted molar refractivity (Wildman–Crippen MR) is 105 cm³/mol. The predicted octanol–water partition coefficient (Wildman–Crippen LogP) is 5.02. The number of halogens is 2. The number of hydrogen-bond acceptors (Lipinski definition) is 2. The van der Waals surface area contributed by atoms with E-state index in [0.29, 0.717) is 18.9 Å². The lowest BCUT2D eigenvalue weighted by molar-refractivity contribution is -0.128. The Morgan fingerprint density at radius 2 is 1.89 bits per heavy atom. The first-order valence-corrected chi connectivity index (χ1v) is 10.6. The van der Waals surface area contributed by atoms with Crippen molar-refractivity contribution in [3.8, 4) is 0 Å². The first-order chi connectivity index (χ1) is 13.4. The van der Waals surface area contributed by atoms with Gasteiger partial charge < -0.3 is 5.32 Å². The van der Waals surface area contributed by atoms with E-state index in [1.165, 1.54) is 10.9 Å². The van der Waals surface area contributed by atoms with Crippen molar-refractivity contribution in [1.82, 2.24) is 15.1 Å². The third-order valence-corrected chi connectivity index (χ3v) is 6.55. The van der Waals surface area contributed by atoms with Gasteiger partial charge in [-0.15, -0.1) is 0 Å². The maximum atomic E-state index is 13.3. The zero-order valence-corrected chi connectivity index (χ0v) is 16.5. The Bertz CT molecular complexity index is 829. The highest BCUT2D eigenvalue weighted by atomic mass is 19.3. The largest absolute Gasteiger partial charge is 0.353 e. The number of fused-ring (bicyclic) bond motifs is 1. The minimum absolute atomic E-state index is 0.00722. The normalized spacial score (nSPS) is 25.7. The number of carbonyl (C=O) groups is 1. The highest BCUT2D eigenvalue weighted by Crippen LogP contribution is 2.36. The molecule has 0 saturated heterocycles. The number of alkyl halides is 2. The van der Waals surface area contributed by atoms with Gasteiger partial charge in [-0.25, -0.2) is 8.78 Å². The molecule has 2 saturated carbocycles. The smallest absolute Gasteiger partial charge is 0.248 e. The van der Waals surface area contributed by atoms with Gasteiger partial charge in [0.1, 0.15) is 0 Å². The Morgan fingerprint density at radius 3 is 2.57 bits per heavy atom.